The lowest BCUT2D eigenvalue weighted by atomic mass is 10.2. The van der Waals surface area contributed by atoms with Gasteiger partial charge in [0.15, 0.2) is 5.13 Å². The van der Waals surface area contributed by atoms with Gasteiger partial charge in [0.05, 0.1) is 22.6 Å². The molecule has 1 amide bonds. The number of rotatable bonds is 2. The van der Waals surface area contributed by atoms with Crippen molar-refractivity contribution in [1.82, 2.24) is 15.0 Å². The van der Waals surface area contributed by atoms with Crippen LogP contribution in [0, 0.1) is 6.92 Å². The molecule has 7 heteroatoms. The molecule has 100 valence electrons. The van der Waals surface area contributed by atoms with Gasteiger partial charge in [-0.15, -0.1) is 0 Å². The van der Waals surface area contributed by atoms with Gasteiger partial charge in [-0.3, -0.25) is 15.1 Å². The maximum atomic E-state index is 12.0. The highest BCUT2D eigenvalue weighted by Crippen LogP contribution is 2.26. The highest BCUT2D eigenvalue weighted by atomic mass is 35.5. The Bertz CT molecular complexity index is 802. The first-order valence-electron chi connectivity index (χ1n) is 5.78. The summed E-state index contributed by atoms with van der Waals surface area (Å²) in [5, 5.41) is 3.41. The number of aryl methyl sites for hydroxylation is 1. The van der Waals surface area contributed by atoms with Gasteiger partial charge in [-0.05, 0) is 24.6 Å². The Morgan fingerprint density at radius 2 is 2.15 bits per heavy atom. The highest BCUT2D eigenvalue weighted by Gasteiger charge is 2.12. The Morgan fingerprint density at radius 1 is 1.30 bits per heavy atom. The van der Waals surface area contributed by atoms with E-state index in [0.717, 1.165) is 15.8 Å². The summed E-state index contributed by atoms with van der Waals surface area (Å²) >= 11 is 7.12. The molecular formula is C13H9ClN4OS. The van der Waals surface area contributed by atoms with Crippen LogP contribution in [0.3, 0.4) is 0 Å². The number of fused-ring (bicyclic) bond motifs is 1. The Kier molecular flexibility index (Phi) is 3.33. The number of hydrogen-bond donors (Lipinski definition) is 1. The maximum absolute atomic E-state index is 12.0. The Labute approximate surface area is 123 Å². The number of nitrogens with zero attached hydrogens (tertiary/aromatic N) is 3. The Hall–Kier alpha value is -2.05. The van der Waals surface area contributed by atoms with Crippen LogP contribution in [0.5, 0.6) is 0 Å². The van der Waals surface area contributed by atoms with Crippen molar-refractivity contribution in [2.75, 3.05) is 5.32 Å². The van der Waals surface area contributed by atoms with Crippen molar-refractivity contribution < 1.29 is 4.79 Å². The second-order valence-electron chi connectivity index (χ2n) is 4.17. The number of carbonyl (C=O) groups excluding carboxylic acids is 1. The lowest BCUT2D eigenvalue weighted by Crippen LogP contribution is -2.13. The van der Waals surface area contributed by atoms with Crippen molar-refractivity contribution >= 4 is 44.2 Å². The van der Waals surface area contributed by atoms with Crippen molar-refractivity contribution in [3.63, 3.8) is 0 Å². The van der Waals surface area contributed by atoms with Crippen LogP contribution in [0.25, 0.3) is 10.2 Å². The van der Waals surface area contributed by atoms with E-state index in [2.05, 4.69) is 20.3 Å². The first-order chi connectivity index (χ1) is 9.61. The first-order valence-corrected chi connectivity index (χ1v) is 6.97. The van der Waals surface area contributed by atoms with Gasteiger partial charge in [-0.2, -0.15) is 0 Å². The van der Waals surface area contributed by atoms with Crippen LogP contribution in [0.1, 0.15) is 16.1 Å². The van der Waals surface area contributed by atoms with Crippen LogP contribution < -0.4 is 5.32 Å². The summed E-state index contributed by atoms with van der Waals surface area (Å²) in [4.78, 5) is 24.1. The number of thiazole rings is 1. The first kappa shape index (κ1) is 13.0. The van der Waals surface area contributed by atoms with E-state index in [1.165, 1.54) is 23.7 Å². The lowest BCUT2D eigenvalue weighted by Gasteiger charge is -1.99. The number of nitrogens with one attached hydrogen (secondary N) is 1. The SMILES string of the molecule is Cc1ccc2nc(NC(=O)c3cncc(Cl)n3)sc2c1. The molecule has 0 unspecified atom stereocenters. The van der Waals surface area contributed by atoms with E-state index in [1.807, 2.05) is 25.1 Å². The zero-order chi connectivity index (χ0) is 14.1. The van der Waals surface area contributed by atoms with Crippen LogP contribution in [-0.2, 0) is 0 Å². The Morgan fingerprint density at radius 3 is 2.95 bits per heavy atom. The van der Waals surface area contributed by atoms with E-state index in [1.54, 1.807) is 0 Å². The molecule has 2 aromatic heterocycles. The van der Waals surface area contributed by atoms with Crippen molar-refractivity contribution in [2.24, 2.45) is 0 Å². The highest BCUT2D eigenvalue weighted by molar-refractivity contribution is 7.22. The molecule has 0 spiro atoms. The molecule has 0 aliphatic rings. The molecule has 0 saturated carbocycles. The summed E-state index contributed by atoms with van der Waals surface area (Å²) in [6.45, 7) is 2.01. The molecule has 1 N–H and O–H groups in total. The molecule has 0 aliphatic heterocycles. The van der Waals surface area contributed by atoms with Gasteiger partial charge in [-0.1, -0.05) is 29.0 Å². The minimum absolute atomic E-state index is 0.160. The fourth-order valence-corrected chi connectivity index (χ4v) is 2.80. The normalized spacial score (nSPS) is 10.7. The van der Waals surface area contributed by atoms with Crippen molar-refractivity contribution in [3.05, 3.63) is 47.0 Å². The fourth-order valence-electron chi connectivity index (χ4n) is 1.70. The minimum atomic E-state index is -0.379. The van der Waals surface area contributed by atoms with E-state index in [4.69, 9.17) is 11.6 Å². The van der Waals surface area contributed by atoms with Crippen LogP contribution in [-0.4, -0.2) is 20.9 Å². The minimum Gasteiger partial charge on any atom is -0.296 e. The molecule has 20 heavy (non-hydrogen) atoms. The molecule has 0 radical (unpaired) electrons. The van der Waals surface area contributed by atoms with Gasteiger partial charge in [0.25, 0.3) is 5.91 Å². The van der Waals surface area contributed by atoms with Gasteiger partial charge in [-0.25, -0.2) is 9.97 Å². The average molecular weight is 305 g/mol. The quantitative estimate of drug-likeness (QED) is 0.788. The topological polar surface area (TPSA) is 67.8 Å². The zero-order valence-corrected chi connectivity index (χ0v) is 12.0. The molecule has 5 nitrogen and oxygen atoms in total. The number of hydrogen-bond acceptors (Lipinski definition) is 5. The van der Waals surface area contributed by atoms with Crippen LogP contribution in [0.4, 0.5) is 5.13 Å². The number of carbonyl (C=O) groups is 1. The predicted molar refractivity (Wildman–Crippen MR) is 79.4 cm³/mol. The second kappa shape index (κ2) is 5.15. The molecule has 2 heterocycles. The van der Waals surface area contributed by atoms with Gasteiger partial charge in [0.2, 0.25) is 0 Å². The number of benzene rings is 1. The molecule has 3 rings (SSSR count). The molecule has 0 fully saturated rings. The van der Waals surface area contributed by atoms with Crippen LogP contribution in [0.15, 0.2) is 30.6 Å². The smallest absolute Gasteiger partial charge is 0.277 e. The summed E-state index contributed by atoms with van der Waals surface area (Å²) in [6.07, 6.45) is 2.73. The average Bonchev–Trinajstić information content (AvgIpc) is 2.80. The largest absolute Gasteiger partial charge is 0.296 e. The van der Waals surface area contributed by atoms with Gasteiger partial charge in [0, 0.05) is 0 Å². The number of amides is 1. The number of aromatic nitrogens is 3. The predicted octanol–water partition coefficient (Wildman–Crippen LogP) is 3.30. The molecule has 0 atom stereocenters. The van der Waals surface area contributed by atoms with E-state index < -0.39 is 0 Å². The number of halogens is 1. The van der Waals surface area contributed by atoms with Crippen LogP contribution >= 0.6 is 22.9 Å². The maximum Gasteiger partial charge on any atom is 0.277 e. The second-order valence-corrected chi connectivity index (χ2v) is 5.59. The summed E-state index contributed by atoms with van der Waals surface area (Å²) in [7, 11) is 0. The number of anilines is 1. The molecule has 1 aromatic carbocycles. The molecular weight excluding hydrogens is 296 g/mol. The molecule has 0 bridgehead atoms. The third kappa shape index (κ3) is 2.61. The van der Waals surface area contributed by atoms with Gasteiger partial charge >= 0.3 is 0 Å². The molecule has 0 saturated heterocycles. The van der Waals surface area contributed by atoms with E-state index in [0.29, 0.717) is 5.13 Å². The standard InChI is InChI=1S/C13H9ClN4OS/c1-7-2-3-8-10(4-7)20-13(17-8)18-12(19)9-5-15-6-11(14)16-9/h2-6H,1H3,(H,17,18,19). The lowest BCUT2D eigenvalue weighted by molar-refractivity contribution is 0.102. The summed E-state index contributed by atoms with van der Waals surface area (Å²) in [5.74, 6) is -0.379. The Balaban J connectivity index is 1.87. The molecule has 3 aromatic rings. The van der Waals surface area contributed by atoms with Gasteiger partial charge in [0.1, 0.15) is 10.8 Å². The summed E-state index contributed by atoms with van der Waals surface area (Å²) in [6, 6.07) is 5.94. The third-order valence-electron chi connectivity index (χ3n) is 2.60. The molecule has 0 aliphatic carbocycles. The van der Waals surface area contributed by atoms with Crippen molar-refractivity contribution in [2.45, 2.75) is 6.92 Å². The monoisotopic (exact) mass is 304 g/mol. The van der Waals surface area contributed by atoms with E-state index in [9.17, 15) is 4.79 Å². The third-order valence-corrected chi connectivity index (χ3v) is 3.72. The van der Waals surface area contributed by atoms with Gasteiger partial charge < -0.3 is 0 Å². The summed E-state index contributed by atoms with van der Waals surface area (Å²) < 4.78 is 1.03. The zero-order valence-electron chi connectivity index (χ0n) is 10.4. The fraction of sp³-hybridized carbons (Fsp3) is 0.0769. The van der Waals surface area contributed by atoms with Crippen molar-refractivity contribution in [1.29, 1.82) is 0 Å². The van der Waals surface area contributed by atoms with E-state index >= 15 is 0 Å². The van der Waals surface area contributed by atoms with E-state index in [-0.39, 0.29) is 16.8 Å². The summed E-state index contributed by atoms with van der Waals surface area (Å²) in [5.41, 5.74) is 2.17. The van der Waals surface area contributed by atoms with Crippen LogP contribution in [0.2, 0.25) is 5.15 Å². The van der Waals surface area contributed by atoms with Crippen molar-refractivity contribution in [3.8, 4) is 0 Å².